The predicted molar refractivity (Wildman–Crippen MR) is 70.4 cm³/mol. The minimum Gasteiger partial charge on any atom is -0.392 e. The maximum Gasteiger partial charge on any atom is 0.263 e. The predicted octanol–water partition coefficient (Wildman–Crippen LogP) is 2.49. The van der Waals surface area contributed by atoms with Crippen LogP contribution in [-0.4, -0.2) is 35.6 Å². The molecule has 3 nitrogen and oxygen atoms in total. The molecule has 2 rings (SSSR count). The Balaban J connectivity index is 2.28. The fourth-order valence-corrected chi connectivity index (χ4v) is 2.82. The number of aliphatic hydroxyl groups is 1. The van der Waals surface area contributed by atoms with Crippen LogP contribution in [0.2, 0.25) is 0 Å². The maximum atomic E-state index is 13.1. The molecule has 1 unspecified atom stereocenters. The number of rotatable bonds is 3. The van der Waals surface area contributed by atoms with Gasteiger partial charge in [0.05, 0.1) is 11.0 Å². The highest BCUT2D eigenvalue weighted by molar-refractivity contribution is 7.20. The number of thiophene rings is 1. The van der Waals surface area contributed by atoms with Crippen molar-refractivity contribution in [2.75, 3.05) is 13.6 Å². The van der Waals surface area contributed by atoms with Crippen molar-refractivity contribution in [3.63, 3.8) is 0 Å². The number of carbonyl (C=O) groups is 1. The van der Waals surface area contributed by atoms with Crippen LogP contribution in [0.25, 0.3) is 10.1 Å². The first-order chi connectivity index (χ1) is 8.47. The molecule has 0 fully saturated rings. The highest BCUT2D eigenvalue weighted by atomic mass is 32.1. The number of nitrogens with zero attached hydrogens (tertiary/aromatic N) is 1. The van der Waals surface area contributed by atoms with Gasteiger partial charge >= 0.3 is 0 Å². The number of likely N-dealkylation sites (N-methyl/N-ethyl adjacent to an activating group) is 1. The number of hydrogen-bond donors (Lipinski definition) is 1. The van der Waals surface area contributed by atoms with Crippen LogP contribution in [0.1, 0.15) is 16.6 Å². The average molecular weight is 267 g/mol. The second-order valence-electron chi connectivity index (χ2n) is 4.33. The Bertz CT molecular complexity index is 579. The number of benzene rings is 1. The number of fused-ring (bicyclic) bond motifs is 1. The van der Waals surface area contributed by atoms with Gasteiger partial charge in [0.15, 0.2) is 0 Å². The zero-order valence-electron chi connectivity index (χ0n) is 10.2. The third-order valence-electron chi connectivity index (χ3n) is 2.57. The second kappa shape index (κ2) is 5.04. The van der Waals surface area contributed by atoms with Crippen LogP contribution in [-0.2, 0) is 0 Å². The number of aliphatic hydroxyl groups excluding tert-OH is 1. The molecule has 18 heavy (non-hydrogen) atoms. The van der Waals surface area contributed by atoms with Crippen LogP contribution in [0.15, 0.2) is 24.3 Å². The van der Waals surface area contributed by atoms with E-state index in [1.807, 2.05) is 0 Å². The molecular formula is C13H14FNO2S. The topological polar surface area (TPSA) is 40.5 Å². The van der Waals surface area contributed by atoms with E-state index in [0.29, 0.717) is 4.88 Å². The van der Waals surface area contributed by atoms with Crippen LogP contribution in [0.3, 0.4) is 0 Å². The van der Waals surface area contributed by atoms with Gasteiger partial charge in [-0.1, -0.05) is 0 Å². The number of carbonyl (C=O) groups excluding carboxylic acids is 1. The van der Waals surface area contributed by atoms with Gasteiger partial charge in [0, 0.05) is 18.3 Å². The van der Waals surface area contributed by atoms with Gasteiger partial charge in [0.2, 0.25) is 0 Å². The van der Waals surface area contributed by atoms with E-state index in [1.54, 1.807) is 26.1 Å². The van der Waals surface area contributed by atoms with Crippen molar-refractivity contribution in [2.24, 2.45) is 0 Å². The van der Waals surface area contributed by atoms with Crippen molar-refractivity contribution in [1.29, 1.82) is 0 Å². The Morgan fingerprint density at radius 2 is 2.22 bits per heavy atom. The van der Waals surface area contributed by atoms with Crippen LogP contribution < -0.4 is 0 Å². The molecule has 0 bridgehead atoms. The van der Waals surface area contributed by atoms with Gasteiger partial charge in [-0.2, -0.15) is 0 Å². The summed E-state index contributed by atoms with van der Waals surface area (Å²) in [5.74, 6) is -0.464. The fraction of sp³-hybridized carbons (Fsp3) is 0.308. The molecule has 0 saturated carbocycles. The van der Waals surface area contributed by atoms with Crippen molar-refractivity contribution in [3.05, 3.63) is 35.0 Å². The van der Waals surface area contributed by atoms with Crippen molar-refractivity contribution in [2.45, 2.75) is 13.0 Å². The standard InChI is InChI=1S/C13H14FNO2S/c1-8(16)7-15(2)13(17)12-6-9-5-10(14)3-4-11(9)18-12/h3-6,8,16H,7H2,1-2H3. The van der Waals surface area contributed by atoms with E-state index in [4.69, 9.17) is 0 Å². The summed E-state index contributed by atoms with van der Waals surface area (Å²) in [7, 11) is 1.64. The summed E-state index contributed by atoms with van der Waals surface area (Å²) in [6.45, 7) is 1.91. The molecular weight excluding hydrogens is 253 g/mol. The molecule has 0 aliphatic heterocycles. The summed E-state index contributed by atoms with van der Waals surface area (Å²) in [5, 5.41) is 9.99. The van der Waals surface area contributed by atoms with Gasteiger partial charge in [0.1, 0.15) is 5.82 Å². The zero-order valence-corrected chi connectivity index (χ0v) is 11.0. The lowest BCUT2D eigenvalue weighted by molar-refractivity contribution is 0.0708. The first-order valence-corrected chi connectivity index (χ1v) is 6.41. The summed E-state index contributed by atoms with van der Waals surface area (Å²) in [5.41, 5.74) is 0. The molecule has 0 aliphatic rings. The van der Waals surface area contributed by atoms with Gasteiger partial charge in [-0.25, -0.2) is 4.39 Å². The third kappa shape index (κ3) is 2.68. The quantitative estimate of drug-likeness (QED) is 0.928. The SMILES string of the molecule is CC(O)CN(C)C(=O)c1cc2cc(F)ccc2s1. The molecule has 0 radical (unpaired) electrons. The first kappa shape index (κ1) is 13.0. The molecule has 0 aliphatic carbocycles. The van der Waals surface area contributed by atoms with Gasteiger partial charge in [-0.15, -0.1) is 11.3 Å². The summed E-state index contributed by atoms with van der Waals surface area (Å²) in [6, 6.07) is 6.15. The summed E-state index contributed by atoms with van der Waals surface area (Å²) in [6.07, 6.45) is -0.564. The molecule has 1 aromatic heterocycles. The van der Waals surface area contributed by atoms with E-state index in [-0.39, 0.29) is 18.3 Å². The molecule has 1 heterocycles. The van der Waals surface area contributed by atoms with Crippen molar-refractivity contribution in [3.8, 4) is 0 Å². The van der Waals surface area contributed by atoms with Gasteiger partial charge < -0.3 is 10.0 Å². The van der Waals surface area contributed by atoms with Crippen LogP contribution in [0, 0.1) is 5.82 Å². The average Bonchev–Trinajstić information content (AvgIpc) is 2.69. The molecule has 1 amide bonds. The summed E-state index contributed by atoms with van der Waals surface area (Å²) in [4.78, 5) is 14.1. The van der Waals surface area contributed by atoms with Crippen molar-refractivity contribution >= 4 is 27.3 Å². The third-order valence-corrected chi connectivity index (χ3v) is 3.68. The van der Waals surface area contributed by atoms with Crippen molar-refractivity contribution < 1.29 is 14.3 Å². The number of amides is 1. The zero-order chi connectivity index (χ0) is 13.3. The minimum absolute atomic E-state index is 0.155. The fourth-order valence-electron chi connectivity index (χ4n) is 1.79. The maximum absolute atomic E-state index is 13.1. The Morgan fingerprint density at radius 3 is 2.89 bits per heavy atom. The van der Waals surface area contributed by atoms with E-state index in [9.17, 15) is 14.3 Å². The molecule has 1 N–H and O–H groups in total. The highest BCUT2D eigenvalue weighted by Crippen LogP contribution is 2.27. The summed E-state index contributed by atoms with van der Waals surface area (Å²) < 4.78 is 13.9. The van der Waals surface area contributed by atoms with Gasteiger partial charge in [-0.3, -0.25) is 4.79 Å². The monoisotopic (exact) mass is 267 g/mol. The molecule has 1 atom stereocenters. The van der Waals surface area contributed by atoms with E-state index in [0.717, 1.165) is 10.1 Å². The smallest absolute Gasteiger partial charge is 0.263 e. The second-order valence-corrected chi connectivity index (χ2v) is 5.41. The van der Waals surface area contributed by atoms with E-state index in [1.165, 1.54) is 28.4 Å². The normalized spacial score (nSPS) is 12.7. The number of hydrogen-bond acceptors (Lipinski definition) is 3. The molecule has 1 aromatic carbocycles. The lowest BCUT2D eigenvalue weighted by atomic mass is 10.2. The largest absolute Gasteiger partial charge is 0.392 e. The molecule has 0 saturated heterocycles. The van der Waals surface area contributed by atoms with Crippen LogP contribution in [0.5, 0.6) is 0 Å². The Hall–Kier alpha value is -1.46. The minimum atomic E-state index is -0.564. The number of halogens is 1. The molecule has 0 spiro atoms. The lowest BCUT2D eigenvalue weighted by Gasteiger charge is -2.17. The van der Waals surface area contributed by atoms with E-state index >= 15 is 0 Å². The first-order valence-electron chi connectivity index (χ1n) is 5.60. The Morgan fingerprint density at radius 1 is 1.50 bits per heavy atom. The van der Waals surface area contributed by atoms with Crippen molar-refractivity contribution in [1.82, 2.24) is 4.90 Å². The summed E-state index contributed by atoms with van der Waals surface area (Å²) >= 11 is 1.33. The highest BCUT2D eigenvalue weighted by Gasteiger charge is 2.16. The van der Waals surface area contributed by atoms with E-state index < -0.39 is 6.10 Å². The van der Waals surface area contributed by atoms with Gasteiger partial charge in [0.25, 0.3) is 5.91 Å². The molecule has 5 heteroatoms. The Kier molecular flexibility index (Phi) is 3.63. The molecule has 2 aromatic rings. The van der Waals surface area contributed by atoms with Crippen LogP contribution >= 0.6 is 11.3 Å². The molecule has 96 valence electrons. The van der Waals surface area contributed by atoms with Gasteiger partial charge in [-0.05, 0) is 36.6 Å². The Labute approximate surface area is 108 Å². The van der Waals surface area contributed by atoms with E-state index in [2.05, 4.69) is 0 Å². The lowest BCUT2D eigenvalue weighted by Crippen LogP contribution is -2.32. The van der Waals surface area contributed by atoms with Crippen LogP contribution in [0.4, 0.5) is 4.39 Å².